The first-order valence-electron chi connectivity index (χ1n) is 12.7. The van der Waals surface area contributed by atoms with Crippen molar-refractivity contribution in [3.8, 4) is 0 Å². The summed E-state index contributed by atoms with van der Waals surface area (Å²) in [6.45, 7) is 3.90. The van der Waals surface area contributed by atoms with E-state index in [9.17, 15) is 14.4 Å². The highest BCUT2D eigenvalue weighted by molar-refractivity contribution is 7.99. The molecule has 2 N–H and O–H groups in total. The number of hydrogen-bond donors (Lipinski definition) is 2. The first kappa shape index (κ1) is 24.3. The van der Waals surface area contributed by atoms with Gasteiger partial charge in [0, 0.05) is 29.5 Å². The van der Waals surface area contributed by atoms with Gasteiger partial charge in [-0.05, 0) is 68.0 Å². The van der Waals surface area contributed by atoms with Crippen LogP contribution in [0.4, 0.5) is 0 Å². The lowest BCUT2D eigenvalue weighted by molar-refractivity contribution is -0.136. The second kappa shape index (κ2) is 11.5. The summed E-state index contributed by atoms with van der Waals surface area (Å²) in [7, 11) is 0. The minimum Gasteiger partial charge on any atom is -0.322 e. The van der Waals surface area contributed by atoms with E-state index in [1.807, 2.05) is 23.9 Å². The molecule has 0 radical (unpaired) electrons. The average molecular weight is 472 g/mol. The normalized spacial score (nSPS) is 24.6. The average Bonchev–Trinajstić information content (AvgIpc) is 3.11. The molecule has 33 heavy (non-hydrogen) atoms. The molecule has 1 saturated carbocycles. The summed E-state index contributed by atoms with van der Waals surface area (Å²) in [5.74, 6) is 1.31. The summed E-state index contributed by atoms with van der Waals surface area (Å²) in [5.41, 5.74) is 1.73. The summed E-state index contributed by atoms with van der Waals surface area (Å²) < 4.78 is 0. The molecular weight excluding hydrogens is 434 g/mol. The summed E-state index contributed by atoms with van der Waals surface area (Å²) in [4.78, 5) is 39.4. The number of imide groups is 1. The maximum absolute atomic E-state index is 12.9. The van der Waals surface area contributed by atoms with Crippen molar-refractivity contribution in [3.63, 3.8) is 0 Å². The number of carbonyl (C=O) groups excluding carboxylic acids is 3. The smallest absolute Gasteiger partial charge is 0.255 e. The molecule has 2 heterocycles. The van der Waals surface area contributed by atoms with Gasteiger partial charge in [0.15, 0.2) is 0 Å². The van der Waals surface area contributed by atoms with Crippen molar-refractivity contribution in [2.24, 2.45) is 5.92 Å². The summed E-state index contributed by atoms with van der Waals surface area (Å²) in [5, 5.41) is 6.06. The van der Waals surface area contributed by atoms with E-state index in [-0.39, 0.29) is 24.1 Å². The fraction of sp³-hybridized carbons (Fsp3) is 0.654. The van der Waals surface area contributed by atoms with Gasteiger partial charge in [-0.2, -0.15) is 0 Å². The van der Waals surface area contributed by atoms with Crippen LogP contribution in [0.2, 0.25) is 0 Å². The van der Waals surface area contributed by atoms with Gasteiger partial charge >= 0.3 is 0 Å². The second-order valence-electron chi connectivity index (χ2n) is 9.70. The molecule has 180 valence electrons. The van der Waals surface area contributed by atoms with Crippen LogP contribution >= 0.6 is 11.8 Å². The number of rotatable bonds is 12. The van der Waals surface area contributed by atoms with Crippen LogP contribution < -0.4 is 10.6 Å². The molecule has 0 spiro atoms. The minimum absolute atomic E-state index is 0.0947. The van der Waals surface area contributed by atoms with E-state index in [4.69, 9.17) is 0 Å². The van der Waals surface area contributed by atoms with Gasteiger partial charge in [-0.1, -0.05) is 38.7 Å². The fourth-order valence-corrected chi connectivity index (χ4v) is 6.27. The first-order valence-corrected chi connectivity index (χ1v) is 13.7. The van der Waals surface area contributed by atoms with Crippen molar-refractivity contribution < 1.29 is 14.4 Å². The molecule has 0 bridgehead atoms. The van der Waals surface area contributed by atoms with Crippen LogP contribution in [0.15, 0.2) is 23.1 Å². The Morgan fingerprint density at radius 3 is 2.67 bits per heavy atom. The summed E-state index contributed by atoms with van der Waals surface area (Å²) in [6, 6.07) is 6.10. The predicted molar refractivity (Wildman–Crippen MR) is 131 cm³/mol. The lowest BCUT2D eigenvalue weighted by Gasteiger charge is -2.35. The number of piperidine rings is 1. The highest BCUT2D eigenvalue weighted by Crippen LogP contribution is 2.35. The Bertz CT molecular complexity index is 868. The van der Waals surface area contributed by atoms with Crippen LogP contribution in [0.3, 0.4) is 0 Å². The lowest BCUT2D eigenvalue weighted by atomic mass is 9.79. The van der Waals surface area contributed by atoms with Gasteiger partial charge in [-0.3, -0.25) is 19.7 Å². The Morgan fingerprint density at radius 1 is 1.09 bits per heavy atom. The number of unbranched alkanes of at least 4 members (excludes halogenated alkanes) is 4. The maximum Gasteiger partial charge on any atom is 0.255 e. The van der Waals surface area contributed by atoms with E-state index in [2.05, 4.69) is 23.6 Å². The number of carbonyl (C=O) groups is 3. The number of thioether (sulfide) groups is 1. The molecule has 7 heteroatoms. The predicted octanol–water partition coefficient (Wildman–Crippen LogP) is 4.27. The number of nitrogens with one attached hydrogen (secondary N) is 2. The van der Waals surface area contributed by atoms with Gasteiger partial charge < -0.3 is 10.2 Å². The molecule has 3 amide bonds. The topological polar surface area (TPSA) is 78.5 Å². The van der Waals surface area contributed by atoms with Gasteiger partial charge in [-0.25, -0.2) is 0 Å². The Balaban J connectivity index is 1.14. The van der Waals surface area contributed by atoms with Gasteiger partial charge in [0.25, 0.3) is 5.91 Å². The van der Waals surface area contributed by atoms with E-state index >= 15 is 0 Å². The van der Waals surface area contributed by atoms with Crippen molar-refractivity contribution in [2.45, 2.75) is 94.7 Å². The molecule has 1 atom stereocenters. The lowest BCUT2D eigenvalue weighted by Crippen LogP contribution is -2.52. The highest BCUT2D eigenvalue weighted by Gasteiger charge is 2.39. The second-order valence-corrected chi connectivity index (χ2v) is 10.8. The minimum atomic E-state index is -0.549. The molecule has 1 saturated heterocycles. The molecule has 1 aromatic rings. The first-order chi connectivity index (χ1) is 16.1. The Labute approximate surface area is 201 Å². The van der Waals surface area contributed by atoms with Crippen LogP contribution in [-0.4, -0.2) is 47.0 Å². The highest BCUT2D eigenvalue weighted by atomic mass is 32.2. The summed E-state index contributed by atoms with van der Waals surface area (Å²) in [6.07, 6.45) is 11.0. The van der Waals surface area contributed by atoms with E-state index in [0.717, 1.165) is 34.7 Å². The molecule has 4 rings (SSSR count). The molecule has 2 aliphatic heterocycles. The monoisotopic (exact) mass is 471 g/mol. The zero-order chi connectivity index (χ0) is 23.2. The third kappa shape index (κ3) is 5.99. The Hall–Kier alpha value is -1.86. The third-order valence-corrected chi connectivity index (χ3v) is 8.55. The Kier molecular flexibility index (Phi) is 8.47. The standard InChI is InChI=1S/C26H37N3O3S/c1-2-18-15-19(16-18)27-13-6-4-3-5-7-14-33-23-10-8-9-20-21(23)17-29(26(20)32)22-11-12-24(30)28-25(22)31/h8-10,18-19,22,27H,2-7,11-17H2,1H3,(H,28,30,31). The molecule has 1 unspecified atom stereocenters. The van der Waals surface area contributed by atoms with Crippen LogP contribution in [0.5, 0.6) is 0 Å². The molecule has 2 fully saturated rings. The summed E-state index contributed by atoms with van der Waals surface area (Å²) >= 11 is 1.82. The quantitative estimate of drug-likeness (QED) is 0.270. The van der Waals surface area contributed by atoms with Crippen LogP contribution in [0.1, 0.15) is 87.1 Å². The van der Waals surface area contributed by atoms with Gasteiger partial charge in [0.2, 0.25) is 11.8 Å². The van der Waals surface area contributed by atoms with Crippen LogP contribution in [0, 0.1) is 5.92 Å². The molecule has 3 aliphatic rings. The van der Waals surface area contributed by atoms with Crippen LogP contribution in [0.25, 0.3) is 0 Å². The van der Waals surface area contributed by atoms with E-state index in [0.29, 0.717) is 18.5 Å². The Morgan fingerprint density at radius 2 is 1.88 bits per heavy atom. The van der Waals surface area contributed by atoms with E-state index in [1.54, 1.807) is 4.90 Å². The molecular formula is C26H37N3O3S. The van der Waals surface area contributed by atoms with Crippen molar-refractivity contribution in [1.82, 2.24) is 15.5 Å². The fourth-order valence-electron chi connectivity index (χ4n) is 5.17. The number of benzene rings is 1. The van der Waals surface area contributed by atoms with Gasteiger partial charge in [-0.15, -0.1) is 11.8 Å². The maximum atomic E-state index is 12.9. The zero-order valence-corrected chi connectivity index (χ0v) is 20.6. The number of nitrogens with zero attached hydrogens (tertiary/aromatic N) is 1. The molecule has 0 aromatic heterocycles. The number of amides is 3. The molecule has 1 aromatic carbocycles. The van der Waals surface area contributed by atoms with Crippen molar-refractivity contribution in [2.75, 3.05) is 12.3 Å². The largest absolute Gasteiger partial charge is 0.322 e. The van der Waals surface area contributed by atoms with Gasteiger partial charge in [0.05, 0.1) is 0 Å². The van der Waals surface area contributed by atoms with Gasteiger partial charge in [0.1, 0.15) is 6.04 Å². The van der Waals surface area contributed by atoms with E-state index < -0.39 is 6.04 Å². The van der Waals surface area contributed by atoms with Crippen molar-refractivity contribution in [3.05, 3.63) is 29.3 Å². The van der Waals surface area contributed by atoms with Crippen molar-refractivity contribution >= 4 is 29.5 Å². The van der Waals surface area contributed by atoms with Crippen LogP contribution in [-0.2, 0) is 16.1 Å². The molecule has 1 aliphatic carbocycles. The number of fused-ring (bicyclic) bond motifs is 1. The molecule has 6 nitrogen and oxygen atoms in total. The van der Waals surface area contributed by atoms with E-state index in [1.165, 1.54) is 51.4 Å². The zero-order valence-electron chi connectivity index (χ0n) is 19.7. The number of hydrogen-bond acceptors (Lipinski definition) is 5. The SMILES string of the molecule is CCC1CC(NCCCCCCCSc2cccc3c2CN(C2CCC(=O)NC2=O)C3=O)C1. The third-order valence-electron chi connectivity index (χ3n) is 7.36. The van der Waals surface area contributed by atoms with Crippen molar-refractivity contribution in [1.29, 1.82) is 0 Å².